The van der Waals surface area contributed by atoms with Gasteiger partial charge in [0.05, 0.1) is 19.6 Å². The van der Waals surface area contributed by atoms with Gasteiger partial charge in [-0.1, -0.05) is 23.8 Å². The van der Waals surface area contributed by atoms with Gasteiger partial charge in [-0.15, -0.1) is 0 Å². The summed E-state index contributed by atoms with van der Waals surface area (Å²) in [6.07, 6.45) is -0.779. The predicted molar refractivity (Wildman–Crippen MR) is 57.5 cm³/mol. The zero-order valence-corrected chi connectivity index (χ0v) is 9.28. The lowest BCUT2D eigenvalue weighted by Gasteiger charge is -2.12. The van der Waals surface area contributed by atoms with Crippen molar-refractivity contribution in [3.63, 3.8) is 0 Å². The molecule has 15 heavy (non-hydrogen) atoms. The molecule has 0 fully saturated rings. The molecule has 82 valence electrons. The summed E-state index contributed by atoms with van der Waals surface area (Å²) in [6.45, 7) is 3.91. The average molecular weight is 208 g/mol. The lowest BCUT2D eigenvalue weighted by atomic mass is 9.99. The monoisotopic (exact) mass is 208 g/mol. The number of esters is 1. The number of aliphatic hydroxyl groups is 1. The van der Waals surface area contributed by atoms with Crippen LogP contribution in [0.25, 0.3) is 0 Å². The van der Waals surface area contributed by atoms with Gasteiger partial charge in [-0.05, 0) is 25.0 Å². The Morgan fingerprint density at radius 2 is 2.13 bits per heavy atom. The van der Waals surface area contributed by atoms with Gasteiger partial charge in [0.2, 0.25) is 0 Å². The smallest absolute Gasteiger partial charge is 0.308 e. The first-order chi connectivity index (χ1) is 7.04. The minimum absolute atomic E-state index is 0.000398. The molecule has 1 rings (SSSR count). The number of carbonyl (C=O) groups excluding carboxylic acids is 1. The number of carbonyl (C=O) groups is 1. The highest BCUT2D eigenvalue weighted by molar-refractivity contribution is 5.70. The first kappa shape index (κ1) is 11.7. The summed E-state index contributed by atoms with van der Waals surface area (Å²) in [6, 6.07) is 5.75. The molecule has 0 aliphatic carbocycles. The predicted octanol–water partition coefficient (Wildman–Crippen LogP) is 1.90. The molecule has 0 aromatic heterocycles. The van der Waals surface area contributed by atoms with E-state index >= 15 is 0 Å². The SMILES string of the molecule is COC(=O)C[C@@H](O)c1ccc(C)cc1C. The molecule has 0 unspecified atom stereocenters. The third kappa shape index (κ3) is 3.06. The summed E-state index contributed by atoms with van der Waals surface area (Å²) in [5.74, 6) is -0.400. The van der Waals surface area contributed by atoms with Crippen LogP contribution in [-0.2, 0) is 9.53 Å². The van der Waals surface area contributed by atoms with Crippen molar-refractivity contribution in [1.82, 2.24) is 0 Å². The first-order valence-electron chi connectivity index (χ1n) is 4.86. The zero-order chi connectivity index (χ0) is 11.4. The second-order valence-electron chi connectivity index (χ2n) is 3.66. The van der Waals surface area contributed by atoms with Gasteiger partial charge < -0.3 is 9.84 Å². The van der Waals surface area contributed by atoms with Crippen molar-refractivity contribution < 1.29 is 14.6 Å². The highest BCUT2D eigenvalue weighted by atomic mass is 16.5. The van der Waals surface area contributed by atoms with Crippen LogP contribution in [0, 0.1) is 13.8 Å². The number of hydrogen-bond acceptors (Lipinski definition) is 3. The van der Waals surface area contributed by atoms with Crippen molar-refractivity contribution in [1.29, 1.82) is 0 Å². The molecule has 3 nitrogen and oxygen atoms in total. The average Bonchev–Trinajstić information content (AvgIpc) is 2.17. The molecular formula is C12H16O3. The maximum absolute atomic E-state index is 11.0. The van der Waals surface area contributed by atoms with E-state index in [1.165, 1.54) is 7.11 Å². The van der Waals surface area contributed by atoms with Crippen LogP contribution in [0.15, 0.2) is 18.2 Å². The van der Waals surface area contributed by atoms with Crippen molar-refractivity contribution in [3.05, 3.63) is 34.9 Å². The summed E-state index contributed by atoms with van der Waals surface area (Å²) in [5.41, 5.74) is 2.92. The Labute approximate surface area is 89.7 Å². The summed E-state index contributed by atoms with van der Waals surface area (Å²) >= 11 is 0. The van der Waals surface area contributed by atoms with E-state index in [9.17, 15) is 9.90 Å². The molecule has 0 spiro atoms. The second-order valence-corrected chi connectivity index (χ2v) is 3.66. The molecule has 0 radical (unpaired) electrons. The van der Waals surface area contributed by atoms with E-state index in [1.807, 2.05) is 32.0 Å². The lowest BCUT2D eigenvalue weighted by Crippen LogP contribution is -2.09. The van der Waals surface area contributed by atoms with Gasteiger partial charge in [0.25, 0.3) is 0 Å². The van der Waals surface area contributed by atoms with E-state index in [0.717, 1.165) is 16.7 Å². The van der Waals surface area contributed by atoms with Gasteiger partial charge >= 0.3 is 5.97 Å². The molecule has 1 aromatic carbocycles. The summed E-state index contributed by atoms with van der Waals surface area (Å²) in [5, 5.41) is 9.79. The second kappa shape index (κ2) is 4.94. The standard InChI is InChI=1S/C12H16O3/c1-8-4-5-10(9(2)6-8)11(13)7-12(14)15-3/h4-6,11,13H,7H2,1-3H3/t11-/m1/s1. The number of aryl methyl sites for hydroxylation is 2. The van der Waals surface area contributed by atoms with Gasteiger partial charge in [0, 0.05) is 0 Å². The van der Waals surface area contributed by atoms with Crippen LogP contribution >= 0.6 is 0 Å². The topological polar surface area (TPSA) is 46.5 Å². The van der Waals surface area contributed by atoms with Crippen molar-refractivity contribution in [2.45, 2.75) is 26.4 Å². The molecule has 0 aliphatic heterocycles. The van der Waals surface area contributed by atoms with Crippen LogP contribution in [0.1, 0.15) is 29.2 Å². The number of methoxy groups -OCH3 is 1. The number of rotatable bonds is 3. The molecule has 1 aromatic rings. The molecule has 3 heteroatoms. The highest BCUT2D eigenvalue weighted by Crippen LogP contribution is 2.21. The van der Waals surface area contributed by atoms with E-state index in [2.05, 4.69) is 4.74 Å². The highest BCUT2D eigenvalue weighted by Gasteiger charge is 2.14. The molecule has 0 saturated heterocycles. The van der Waals surface area contributed by atoms with E-state index in [-0.39, 0.29) is 6.42 Å². The normalized spacial score (nSPS) is 12.3. The lowest BCUT2D eigenvalue weighted by molar-refractivity contribution is -0.142. The van der Waals surface area contributed by atoms with E-state index in [0.29, 0.717) is 0 Å². The van der Waals surface area contributed by atoms with Gasteiger partial charge in [0.1, 0.15) is 0 Å². The Hall–Kier alpha value is -1.35. The van der Waals surface area contributed by atoms with E-state index < -0.39 is 12.1 Å². The Morgan fingerprint density at radius 1 is 1.47 bits per heavy atom. The van der Waals surface area contributed by atoms with Crippen LogP contribution < -0.4 is 0 Å². The van der Waals surface area contributed by atoms with Gasteiger partial charge in [-0.3, -0.25) is 4.79 Å². The fourth-order valence-electron chi connectivity index (χ4n) is 1.55. The maximum atomic E-state index is 11.0. The molecule has 1 N–H and O–H groups in total. The molecule has 0 heterocycles. The van der Waals surface area contributed by atoms with Crippen LogP contribution in [-0.4, -0.2) is 18.2 Å². The molecule has 0 saturated carbocycles. The third-order valence-corrected chi connectivity index (χ3v) is 2.37. The van der Waals surface area contributed by atoms with Crippen molar-refractivity contribution >= 4 is 5.97 Å². The first-order valence-corrected chi connectivity index (χ1v) is 4.86. The summed E-state index contributed by atoms with van der Waals surface area (Å²) in [4.78, 5) is 11.0. The molecular weight excluding hydrogens is 192 g/mol. The van der Waals surface area contributed by atoms with Crippen molar-refractivity contribution in [3.8, 4) is 0 Å². The van der Waals surface area contributed by atoms with Crippen LogP contribution in [0.5, 0.6) is 0 Å². The Balaban J connectivity index is 2.82. The molecule has 0 amide bonds. The minimum atomic E-state index is -0.780. The summed E-state index contributed by atoms with van der Waals surface area (Å²) in [7, 11) is 1.32. The molecule has 0 aliphatic rings. The number of benzene rings is 1. The molecule has 0 bridgehead atoms. The van der Waals surface area contributed by atoms with Crippen LogP contribution in [0.3, 0.4) is 0 Å². The van der Waals surface area contributed by atoms with Crippen molar-refractivity contribution in [2.75, 3.05) is 7.11 Å². The van der Waals surface area contributed by atoms with E-state index in [4.69, 9.17) is 0 Å². The maximum Gasteiger partial charge on any atom is 0.308 e. The Bertz CT molecular complexity index is 358. The van der Waals surface area contributed by atoms with Crippen molar-refractivity contribution in [2.24, 2.45) is 0 Å². The van der Waals surface area contributed by atoms with Gasteiger partial charge in [0.15, 0.2) is 0 Å². The largest absolute Gasteiger partial charge is 0.469 e. The third-order valence-electron chi connectivity index (χ3n) is 2.37. The Kier molecular flexibility index (Phi) is 3.86. The molecule has 1 atom stereocenters. The minimum Gasteiger partial charge on any atom is -0.469 e. The van der Waals surface area contributed by atoms with Crippen LogP contribution in [0.2, 0.25) is 0 Å². The number of ether oxygens (including phenoxy) is 1. The zero-order valence-electron chi connectivity index (χ0n) is 9.28. The van der Waals surface area contributed by atoms with Crippen LogP contribution in [0.4, 0.5) is 0 Å². The fourth-order valence-corrected chi connectivity index (χ4v) is 1.55. The van der Waals surface area contributed by atoms with E-state index in [1.54, 1.807) is 0 Å². The number of hydrogen-bond donors (Lipinski definition) is 1. The quantitative estimate of drug-likeness (QED) is 0.772. The fraction of sp³-hybridized carbons (Fsp3) is 0.417. The summed E-state index contributed by atoms with van der Waals surface area (Å²) < 4.78 is 4.51. The van der Waals surface area contributed by atoms with Gasteiger partial charge in [-0.2, -0.15) is 0 Å². The van der Waals surface area contributed by atoms with Gasteiger partial charge in [-0.25, -0.2) is 0 Å². The Morgan fingerprint density at radius 3 is 2.67 bits per heavy atom. The number of aliphatic hydroxyl groups excluding tert-OH is 1.